The van der Waals surface area contributed by atoms with Crippen LogP contribution in [0.4, 0.5) is 5.82 Å². The molecule has 0 amide bonds. The van der Waals surface area contributed by atoms with E-state index in [-0.39, 0.29) is 12.6 Å². The van der Waals surface area contributed by atoms with Gasteiger partial charge in [-0.05, 0) is 13.3 Å². The number of hydrogen-bond donors (Lipinski definition) is 2. The van der Waals surface area contributed by atoms with Crippen LogP contribution in [0.3, 0.4) is 0 Å². The van der Waals surface area contributed by atoms with Crippen LogP contribution in [0.5, 0.6) is 0 Å². The Bertz CT molecular complexity index is 215. The van der Waals surface area contributed by atoms with Crippen LogP contribution < -0.4 is 5.32 Å². The van der Waals surface area contributed by atoms with E-state index in [0.29, 0.717) is 0 Å². The molecule has 0 spiro atoms. The van der Waals surface area contributed by atoms with Crippen molar-refractivity contribution in [2.24, 2.45) is 0 Å². The van der Waals surface area contributed by atoms with Crippen molar-refractivity contribution in [2.75, 3.05) is 11.9 Å². The highest BCUT2D eigenvalue weighted by molar-refractivity contribution is 5.30. The Morgan fingerprint density at radius 1 is 1.58 bits per heavy atom. The molecule has 0 aliphatic heterocycles. The molecule has 0 fully saturated rings. The third-order valence-corrected chi connectivity index (χ3v) is 1.52. The van der Waals surface area contributed by atoms with E-state index in [0.717, 1.165) is 12.2 Å². The molecule has 0 aliphatic rings. The van der Waals surface area contributed by atoms with Gasteiger partial charge in [-0.1, -0.05) is 0 Å². The normalized spacial score (nSPS) is 12.5. The van der Waals surface area contributed by atoms with Crippen molar-refractivity contribution < 1.29 is 5.11 Å². The molecule has 66 valence electrons. The zero-order chi connectivity index (χ0) is 8.81. The number of aliphatic hydroxyl groups is 1. The Balaban J connectivity index is 2.41. The second-order valence-corrected chi connectivity index (χ2v) is 2.65. The van der Waals surface area contributed by atoms with E-state index >= 15 is 0 Å². The van der Waals surface area contributed by atoms with Gasteiger partial charge in [0.25, 0.3) is 0 Å². The highest BCUT2D eigenvalue weighted by Gasteiger charge is 2.00. The van der Waals surface area contributed by atoms with Crippen molar-refractivity contribution in [1.29, 1.82) is 0 Å². The molecular weight excluding hydrogens is 154 g/mol. The van der Waals surface area contributed by atoms with Crippen molar-refractivity contribution in [3.8, 4) is 0 Å². The van der Waals surface area contributed by atoms with Gasteiger partial charge in [-0.3, -0.25) is 4.98 Å². The highest BCUT2D eigenvalue weighted by atomic mass is 16.3. The minimum atomic E-state index is 0.189. The van der Waals surface area contributed by atoms with Crippen molar-refractivity contribution in [3.63, 3.8) is 0 Å². The van der Waals surface area contributed by atoms with Gasteiger partial charge in [0.2, 0.25) is 0 Å². The van der Waals surface area contributed by atoms with Crippen molar-refractivity contribution in [1.82, 2.24) is 9.97 Å². The molecule has 4 heteroatoms. The second-order valence-electron chi connectivity index (χ2n) is 2.65. The molecule has 2 N–H and O–H groups in total. The Morgan fingerprint density at radius 2 is 2.42 bits per heavy atom. The average molecular weight is 167 g/mol. The molecule has 1 atom stereocenters. The van der Waals surface area contributed by atoms with Crippen LogP contribution in [0.25, 0.3) is 0 Å². The van der Waals surface area contributed by atoms with E-state index < -0.39 is 0 Å². The lowest BCUT2D eigenvalue weighted by Crippen LogP contribution is -2.17. The molecule has 0 bridgehead atoms. The maximum absolute atomic E-state index is 8.64. The maximum atomic E-state index is 8.64. The Morgan fingerprint density at radius 3 is 3.00 bits per heavy atom. The molecule has 0 saturated carbocycles. The SMILES string of the molecule is C[C@@H](CCO)Nc1cnccn1. The van der Waals surface area contributed by atoms with Crippen LogP contribution in [0.1, 0.15) is 13.3 Å². The van der Waals surface area contributed by atoms with Gasteiger partial charge in [0.05, 0.1) is 6.20 Å². The Hall–Kier alpha value is -1.16. The molecular formula is C8H13N3O. The predicted molar refractivity (Wildman–Crippen MR) is 46.8 cm³/mol. The smallest absolute Gasteiger partial charge is 0.144 e. The first-order valence-electron chi connectivity index (χ1n) is 3.96. The Labute approximate surface area is 71.7 Å². The number of nitrogens with one attached hydrogen (secondary N) is 1. The number of hydrogen-bond acceptors (Lipinski definition) is 4. The minimum Gasteiger partial charge on any atom is -0.396 e. The van der Waals surface area contributed by atoms with Crippen molar-refractivity contribution >= 4 is 5.82 Å². The van der Waals surface area contributed by atoms with Gasteiger partial charge in [0, 0.05) is 25.0 Å². The van der Waals surface area contributed by atoms with E-state index in [2.05, 4.69) is 15.3 Å². The summed E-state index contributed by atoms with van der Waals surface area (Å²) in [6.07, 6.45) is 5.64. The maximum Gasteiger partial charge on any atom is 0.144 e. The van der Waals surface area contributed by atoms with Gasteiger partial charge < -0.3 is 10.4 Å². The number of anilines is 1. The third-order valence-electron chi connectivity index (χ3n) is 1.52. The minimum absolute atomic E-state index is 0.189. The summed E-state index contributed by atoms with van der Waals surface area (Å²) < 4.78 is 0. The molecule has 0 saturated heterocycles. The lowest BCUT2D eigenvalue weighted by Gasteiger charge is -2.11. The first-order chi connectivity index (χ1) is 5.83. The molecule has 1 aromatic rings. The van der Waals surface area contributed by atoms with E-state index in [1.807, 2.05) is 6.92 Å². The summed E-state index contributed by atoms with van der Waals surface area (Å²) in [5, 5.41) is 11.7. The van der Waals surface area contributed by atoms with Crippen molar-refractivity contribution in [2.45, 2.75) is 19.4 Å². The predicted octanol–water partition coefficient (Wildman–Crippen LogP) is 0.659. The Kier molecular flexibility index (Phi) is 3.47. The van der Waals surface area contributed by atoms with Crippen LogP contribution >= 0.6 is 0 Å². The standard InChI is InChI=1S/C8H13N3O/c1-7(2-5-12)11-8-6-9-3-4-10-8/h3-4,6-7,12H,2,5H2,1H3,(H,10,11)/t7-/m0/s1. The van der Waals surface area contributed by atoms with E-state index in [4.69, 9.17) is 5.11 Å². The molecule has 0 unspecified atom stereocenters. The van der Waals surface area contributed by atoms with Crippen LogP contribution in [0.2, 0.25) is 0 Å². The van der Waals surface area contributed by atoms with Crippen molar-refractivity contribution in [3.05, 3.63) is 18.6 Å². The van der Waals surface area contributed by atoms with Gasteiger partial charge in [-0.15, -0.1) is 0 Å². The van der Waals surface area contributed by atoms with Gasteiger partial charge in [-0.2, -0.15) is 0 Å². The second kappa shape index (κ2) is 4.66. The largest absolute Gasteiger partial charge is 0.396 e. The fraction of sp³-hybridized carbons (Fsp3) is 0.500. The van der Waals surface area contributed by atoms with E-state index in [1.165, 1.54) is 0 Å². The molecule has 0 aliphatic carbocycles. The van der Waals surface area contributed by atoms with E-state index in [9.17, 15) is 0 Å². The summed E-state index contributed by atoms with van der Waals surface area (Å²) in [6, 6.07) is 0.228. The van der Waals surface area contributed by atoms with Crippen LogP contribution in [0, 0.1) is 0 Å². The number of aromatic nitrogens is 2. The van der Waals surface area contributed by atoms with Gasteiger partial charge in [-0.25, -0.2) is 4.98 Å². The quantitative estimate of drug-likeness (QED) is 0.691. The number of aliphatic hydroxyl groups excluding tert-OH is 1. The molecule has 1 aromatic heterocycles. The summed E-state index contributed by atoms with van der Waals surface area (Å²) in [6.45, 7) is 2.18. The molecule has 0 aromatic carbocycles. The summed E-state index contributed by atoms with van der Waals surface area (Å²) in [5.74, 6) is 0.749. The van der Waals surface area contributed by atoms with Crippen LogP contribution in [-0.2, 0) is 0 Å². The van der Waals surface area contributed by atoms with Crippen LogP contribution in [-0.4, -0.2) is 27.7 Å². The first kappa shape index (κ1) is 8.93. The average Bonchev–Trinajstić information content (AvgIpc) is 2.06. The number of nitrogens with zero attached hydrogens (tertiary/aromatic N) is 2. The first-order valence-corrected chi connectivity index (χ1v) is 3.96. The monoisotopic (exact) mass is 167 g/mol. The summed E-state index contributed by atoms with van der Waals surface area (Å²) in [7, 11) is 0. The zero-order valence-electron chi connectivity index (χ0n) is 7.07. The molecule has 1 heterocycles. The topological polar surface area (TPSA) is 58.0 Å². The fourth-order valence-electron chi connectivity index (χ4n) is 0.892. The van der Waals surface area contributed by atoms with Gasteiger partial charge >= 0.3 is 0 Å². The third kappa shape index (κ3) is 2.84. The lowest BCUT2D eigenvalue weighted by molar-refractivity contribution is 0.282. The summed E-state index contributed by atoms with van der Waals surface area (Å²) in [5.41, 5.74) is 0. The molecule has 12 heavy (non-hydrogen) atoms. The summed E-state index contributed by atoms with van der Waals surface area (Å²) >= 11 is 0. The number of rotatable bonds is 4. The molecule has 1 rings (SSSR count). The molecule has 4 nitrogen and oxygen atoms in total. The summed E-state index contributed by atoms with van der Waals surface area (Å²) in [4.78, 5) is 7.96. The van der Waals surface area contributed by atoms with E-state index in [1.54, 1.807) is 18.6 Å². The molecule has 0 radical (unpaired) electrons. The zero-order valence-corrected chi connectivity index (χ0v) is 7.07. The van der Waals surface area contributed by atoms with Gasteiger partial charge in [0.1, 0.15) is 5.82 Å². The van der Waals surface area contributed by atoms with Gasteiger partial charge in [0.15, 0.2) is 0 Å². The fourth-order valence-corrected chi connectivity index (χ4v) is 0.892. The lowest BCUT2D eigenvalue weighted by atomic mass is 10.2. The highest BCUT2D eigenvalue weighted by Crippen LogP contribution is 2.02. The van der Waals surface area contributed by atoms with Crippen LogP contribution in [0.15, 0.2) is 18.6 Å².